The summed E-state index contributed by atoms with van der Waals surface area (Å²) in [6, 6.07) is 0. The average molecular weight is 212 g/mol. The maximum atomic E-state index is 11.6. The van der Waals surface area contributed by atoms with E-state index in [1.54, 1.807) is 0 Å². The normalized spacial score (nSPS) is 31.5. The minimum atomic E-state index is -0.584. The van der Waals surface area contributed by atoms with E-state index >= 15 is 0 Å². The van der Waals surface area contributed by atoms with Crippen LogP contribution in [0.4, 0.5) is 0 Å². The first-order chi connectivity index (χ1) is 7.20. The van der Waals surface area contributed by atoms with E-state index in [2.05, 4.69) is 0 Å². The summed E-state index contributed by atoms with van der Waals surface area (Å²) in [5, 5.41) is 10.3. The molecular weight excluding hydrogens is 192 g/mol. The highest BCUT2D eigenvalue weighted by Gasteiger charge is 2.35. The van der Waals surface area contributed by atoms with Crippen LogP contribution >= 0.6 is 0 Å². The Morgan fingerprint density at radius 2 is 2.07 bits per heavy atom. The number of hydrogen-bond donors (Lipinski definition) is 1. The van der Waals surface area contributed by atoms with Gasteiger partial charge in [-0.1, -0.05) is 19.3 Å². The summed E-state index contributed by atoms with van der Waals surface area (Å²) in [4.78, 5) is 11.6. The first-order valence-electron chi connectivity index (χ1n) is 6.02. The van der Waals surface area contributed by atoms with Gasteiger partial charge in [-0.2, -0.15) is 0 Å². The molecule has 0 radical (unpaired) electrons. The Bertz CT molecular complexity index is 231. The van der Waals surface area contributed by atoms with E-state index in [0.29, 0.717) is 26.1 Å². The summed E-state index contributed by atoms with van der Waals surface area (Å²) in [5.41, 5.74) is -0.584. The number of rotatable bonds is 2. The highest BCUT2D eigenvalue weighted by Crippen LogP contribution is 2.34. The van der Waals surface area contributed by atoms with Gasteiger partial charge in [0.05, 0.1) is 18.8 Å². The molecule has 2 aliphatic rings. The number of carbonyl (C=O) groups is 1. The van der Waals surface area contributed by atoms with Crippen LogP contribution in [0.1, 0.15) is 44.9 Å². The molecule has 1 N–H and O–H groups in total. The lowest BCUT2D eigenvalue weighted by atomic mass is 9.77. The fraction of sp³-hybridized carbons (Fsp3) is 0.917. The van der Waals surface area contributed by atoms with Crippen LogP contribution in [0.2, 0.25) is 0 Å². The van der Waals surface area contributed by atoms with Crippen LogP contribution in [0, 0.1) is 5.92 Å². The van der Waals surface area contributed by atoms with E-state index in [4.69, 9.17) is 4.74 Å². The number of ketones is 1. The third-order valence-corrected chi connectivity index (χ3v) is 3.68. The van der Waals surface area contributed by atoms with Gasteiger partial charge in [0.2, 0.25) is 0 Å². The minimum Gasteiger partial charge on any atom is -0.390 e. The first kappa shape index (κ1) is 11.1. The Morgan fingerprint density at radius 3 is 2.73 bits per heavy atom. The Labute approximate surface area is 90.8 Å². The molecule has 3 nitrogen and oxygen atoms in total. The fourth-order valence-corrected chi connectivity index (χ4v) is 2.74. The molecule has 1 unspecified atom stereocenters. The lowest BCUT2D eigenvalue weighted by molar-refractivity contribution is -0.135. The van der Waals surface area contributed by atoms with Crippen molar-refractivity contribution in [2.24, 2.45) is 5.92 Å². The predicted octanol–water partition coefficient (Wildman–Crippen LogP) is 1.68. The number of Topliss-reactive ketones (excluding diaryl/α,β-unsaturated/α-hetero) is 1. The van der Waals surface area contributed by atoms with Crippen LogP contribution in [0.5, 0.6) is 0 Å². The van der Waals surface area contributed by atoms with Gasteiger partial charge in [0, 0.05) is 12.3 Å². The molecule has 0 aromatic rings. The van der Waals surface area contributed by atoms with E-state index in [-0.39, 0.29) is 11.7 Å². The largest absolute Gasteiger partial charge is 0.390 e. The summed E-state index contributed by atoms with van der Waals surface area (Å²) in [7, 11) is 0. The van der Waals surface area contributed by atoms with Gasteiger partial charge >= 0.3 is 0 Å². The fourth-order valence-electron chi connectivity index (χ4n) is 2.74. The molecule has 1 aliphatic heterocycles. The average Bonchev–Trinajstić information content (AvgIpc) is 2.22. The first-order valence-corrected chi connectivity index (χ1v) is 6.02. The van der Waals surface area contributed by atoms with Crippen molar-refractivity contribution in [2.75, 3.05) is 13.2 Å². The summed E-state index contributed by atoms with van der Waals surface area (Å²) in [5.74, 6) is 0.224. The Balaban J connectivity index is 1.91. The Morgan fingerprint density at radius 1 is 1.33 bits per heavy atom. The zero-order valence-electron chi connectivity index (χ0n) is 9.21. The molecule has 1 saturated carbocycles. The van der Waals surface area contributed by atoms with Crippen molar-refractivity contribution in [3.05, 3.63) is 0 Å². The lowest BCUT2D eigenvalue weighted by Gasteiger charge is -2.35. The molecule has 1 atom stereocenters. The number of ether oxygens (including phenoxy) is 1. The summed E-state index contributed by atoms with van der Waals surface area (Å²) >= 11 is 0. The standard InChI is InChI=1S/C12H20O3/c13-11-4-7-15-9-10(11)8-12(14)5-2-1-3-6-12/h10,14H,1-9H2. The molecule has 0 aromatic heterocycles. The van der Waals surface area contributed by atoms with Gasteiger partial charge in [-0.05, 0) is 19.3 Å². The van der Waals surface area contributed by atoms with Crippen LogP contribution in [0.25, 0.3) is 0 Å². The van der Waals surface area contributed by atoms with Crippen LogP contribution in [0.3, 0.4) is 0 Å². The molecule has 3 heteroatoms. The van der Waals surface area contributed by atoms with Gasteiger partial charge in [-0.25, -0.2) is 0 Å². The summed E-state index contributed by atoms with van der Waals surface area (Å²) < 4.78 is 5.31. The van der Waals surface area contributed by atoms with E-state index in [9.17, 15) is 9.90 Å². The second-order valence-electron chi connectivity index (χ2n) is 4.98. The van der Waals surface area contributed by atoms with Crippen molar-refractivity contribution < 1.29 is 14.6 Å². The molecule has 0 spiro atoms. The summed E-state index contributed by atoms with van der Waals surface area (Å²) in [6.07, 6.45) is 6.27. The Kier molecular flexibility index (Phi) is 3.42. The van der Waals surface area contributed by atoms with Gasteiger partial charge in [-0.15, -0.1) is 0 Å². The van der Waals surface area contributed by atoms with Crippen LogP contribution in [-0.4, -0.2) is 29.7 Å². The smallest absolute Gasteiger partial charge is 0.140 e. The molecule has 0 amide bonds. The predicted molar refractivity (Wildman–Crippen MR) is 56.6 cm³/mol. The highest BCUT2D eigenvalue weighted by atomic mass is 16.5. The summed E-state index contributed by atoms with van der Waals surface area (Å²) in [6.45, 7) is 1.08. The van der Waals surface area contributed by atoms with Crippen molar-refractivity contribution in [1.29, 1.82) is 0 Å². The molecule has 1 aliphatic carbocycles. The van der Waals surface area contributed by atoms with Crippen molar-refractivity contribution in [1.82, 2.24) is 0 Å². The third-order valence-electron chi connectivity index (χ3n) is 3.68. The minimum absolute atomic E-state index is 0.0538. The molecule has 86 valence electrons. The maximum absolute atomic E-state index is 11.6. The van der Waals surface area contributed by atoms with Crippen LogP contribution in [-0.2, 0) is 9.53 Å². The van der Waals surface area contributed by atoms with Crippen molar-refractivity contribution in [3.8, 4) is 0 Å². The maximum Gasteiger partial charge on any atom is 0.140 e. The molecule has 0 bridgehead atoms. The SMILES string of the molecule is O=C1CCOCC1CC1(O)CCCCC1. The van der Waals surface area contributed by atoms with Crippen molar-refractivity contribution in [3.63, 3.8) is 0 Å². The third kappa shape index (κ3) is 2.79. The quantitative estimate of drug-likeness (QED) is 0.757. The Hall–Kier alpha value is -0.410. The van der Waals surface area contributed by atoms with Crippen molar-refractivity contribution >= 4 is 5.78 Å². The van der Waals surface area contributed by atoms with Crippen molar-refractivity contribution in [2.45, 2.75) is 50.5 Å². The van der Waals surface area contributed by atoms with E-state index in [1.807, 2.05) is 0 Å². The molecule has 1 heterocycles. The van der Waals surface area contributed by atoms with E-state index in [1.165, 1.54) is 6.42 Å². The second kappa shape index (κ2) is 4.62. The molecule has 15 heavy (non-hydrogen) atoms. The van der Waals surface area contributed by atoms with Gasteiger partial charge in [0.25, 0.3) is 0 Å². The topological polar surface area (TPSA) is 46.5 Å². The molecule has 0 aromatic carbocycles. The van der Waals surface area contributed by atoms with Gasteiger partial charge in [-0.3, -0.25) is 4.79 Å². The number of carbonyl (C=O) groups excluding carboxylic acids is 1. The number of aliphatic hydroxyl groups is 1. The molecular formula is C12H20O3. The van der Waals surface area contributed by atoms with Gasteiger partial charge in [0.15, 0.2) is 0 Å². The monoisotopic (exact) mass is 212 g/mol. The van der Waals surface area contributed by atoms with Crippen LogP contribution < -0.4 is 0 Å². The molecule has 2 rings (SSSR count). The molecule has 2 fully saturated rings. The van der Waals surface area contributed by atoms with E-state index in [0.717, 1.165) is 25.7 Å². The lowest BCUT2D eigenvalue weighted by Crippen LogP contribution is -2.39. The van der Waals surface area contributed by atoms with E-state index < -0.39 is 5.60 Å². The van der Waals surface area contributed by atoms with Gasteiger partial charge < -0.3 is 9.84 Å². The number of hydrogen-bond acceptors (Lipinski definition) is 3. The highest BCUT2D eigenvalue weighted by molar-refractivity contribution is 5.81. The van der Waals surface area contributed by atoms with Gasteiger partial charge in [0.1, 0.15) is 5.78 Å². The molecule has 1 saturated heterocycles. The zero-order chi connectivity index (χ0) is 10.7. The zero-order valence-corrected chi connectivity index (χ0v) is 9.21. The second-order valence-corrected chi connectivity index (χ2v) is 4.98. The van der Waals surface area contributed by atoms with Crippen LogP contribution in [0.15, 0.2) is 0 Å².